The first kappa shape index (κ1) is 21.6. The van der Waals surface area contributed by atoms with E-state index < -0.39 is 0 Å². The van der Waals surface area contributed by atoms with Gasteiger partial charge in [-0.3, -0.25) is 10.8 Å². The Hall–Kier alpha value is -5.42. The summed E-state index contributed by atoms with van der Waals surface area (Å²) >= 11 is 0. The van der Waals surface area contributed by atoms with Crippen molar-refractivity contribution in [1.29, 1.82) is 10.8 Å². The molecule has 0 aliphatic heterocycles. The van der Waals surface area contributed by atoms with Gasteiger partial charge in [0.2, 0.25) is 0 Å². The SMILES string of the molecule is N=C1C=Cc2ccc3ccc(-c4nc5ccccc5nc4-c4ccc5c(c4)oc4ccccc45)cc3c2C1=N. The number of hydrogen-bond donors (Lipinski definition) is 2. The van der Waals surface area contributed by atoms with Gasteiger partial charge in [-0.2, -0.15) is 0 Å². The third kappa shape index (κ3) is 3.27. The molecule has 0 amide bonds. The molecule has 0 unspecified atom stereocenters. The average Bonchev–Trinajstić information content (AvgIpc) is 3.35. The fourth-order valence-corrected chi connectivity index (χ4v) is 5.57. The van der Waals surface area contributed by atoms with E-state index in [1.54, 1.807) is 6.08 Å². The minimum absolute atomic E-state index is 0.214. The van der Waals surface area contributed by atoms with Crippen molar-refractivity contribution in [2.75, 3.05) is 0 Å². The van der Waals surface area contributed by atoms with Gasteiger partial charge < -0.3 is 4.42 Å². The minimum atomic E-state index is 0.214. The second-order valence-electron chi connectivity index (χ2n) is 9.81. The van der Waals surface area contributed by atoms with E-state index in [1.807, 2.05) is 60.7 Å². The van der Waals surface area contributed by atoms with Crippen LogP contribution in [0.25, 0.3) is 72.3 Å². The molecule has 5 aromatic carbocycles. The summed E-state index contributed by atoms with van der Waals surface area (Å²) < 4.78 is 6.19. The van der Waals surface area contributed by atoms with Gasteiger partial charge >= 0.3 is 0 Å². The Kier molecular flexibility index (Phi) is 4.46. The third-order valence-electron chi connectivity index (χ3n) is 7.50. The number of furan rings is 1. The second kappa shape index (κ2) is 8.04. The molecule has 5 nitrogen and oxygen atoms in total. The van der Waals surface area contributed by atoms with E-state index >= 15 is 0 Å². The van der Waals surface area contributed by atoms with E-state index in [-0.39, 0.29) is 11.4 Å². The maximum Gasteiger partial charge on any atom is 0.136 e. The van der Waals surface area contributed by atoms with Crippen molar-refractivity contribution in [3.8, 4) is 22.5 Å². The third-order valence-corrected chi connectivity index (χ3v) is 7.50. The van der Waals surface area contributed by atoms with Gasteiger partial charge in [0.25, 0.3) is 0 Å². The van der Waals surface area contributed by atoms with Crippen LogP contribution in [0.5, 0.6) is 0 Å². The first-order valence-electron chi connectivity index (χ1n) is 12.8. The van der Waals surface area contributed by atoms with Crippen LogP contribution in [0, 0.1) is 10.8 Å². The molecule has 8 rings (SSSR count). The molecule has 0 fully saturated rings. The number of benzene rings is 5. The molecule has 1 aliphatic rings. The highest BCUT2D eigenvalue weighted by molar-refractivity contribution is 6.53. The number of para-hydroxylation sites is 3. The number of allylic oxidation sites excluding steroid dienone is 1. The lowest BCUT2D eigenvalue weighted by atomic mass is 9.88. The molecule has 182 valence electrons. The summed E-state index contributed by atoms with van der Waals surface area (Å²) in [4.78, 5) is 10.2. The number of hydrogen-bond acceptors (Lipinski definition) is 5. The quantitative estimate of drug-likeness (QED) is 0.250. The first-order valence-corrected chi connectivity index (χ1v) is 12.8. The van der Waals surface area contributed by atoms with Crippen LogP contribution in [0.4, 0.5) is 0 Å². The molecule has 2 aromatic heterocycles. The highest BCUT2D eigenvalue weighted by Gasteiger charge is 2.20. The summed E-state index contributed by atoms with van der Waals surface area (Å²) in [6.07, 6.45) is 3.59. The van der Waals surface area contributed by atoms with Crippen LogP contribution in [-0.4, -0.2) is 21.4 Å². The summed E-state index contributed by atoms with van der Waals surface area (Å²) in [6.45, 7) is 0. The van der Waals surface area contributed by atoms with Gasteiger partial charge in [-0.1, -0.05) is 66.7 Å². The molecule has 0 spiro atoms. The normalized spacial score (nSPS) is 13.1. The van der Waals surface area contributed by atoms with Crippen LogP contribution >= 0.6 is 0 Å². The van der Waals surface area contributed by atoms with E-state index in [4.69, 9.17) is 25.2 Å². The van der Waals surface area contributed by atoms with Crippen molar-refractivity contribution in [3.05, 3.63) is 114 Å². The number of nitrogens with zero attached hydrogens (tertiary/aromatic N) is 2. The fourth-order valence-electron chi connectivity index (χ4n) is 5.57. The molecule has 7 aromatic rings. The molecule has 2 N–H and O–H groups in total. The van der Waals surface area contributed by atoms with Gasteiger partial charge in [0.1, 0.15) is 11.2 Å². The predicted octanol–water partition coefficient (Wildman–Crippen LogP) is 8.43. The van der Waals surface area contributed by atoms with Gasteiger partial charge in [0.15, 0.2) is 0 Å². The van der Waals surface area contributed by atoms with Gasteiger partial charge in [-0.25, -0.2) is 9.97 Å². The molecule has 0 saturated heterocycles. The van der Waals surface area contributed by atoms with Crippen LogP contribution in [-0.2, 0) is 0 Å². The number of rotatable bonds is 2. The van der Waals surface area contributed by atoms with Crippen LogP contribution in [0.1, 0.15) is 11.1 Å². The summed E-state index contributed by atoms with van der Waals surface area (Å²) in [6, 6.07) is 32.4. The van der Waals surface area contributed by atoms with Crippen molar-refractivity contribution < 1.29 is 4.42 Å². The Balaban J connectivity index is 1.40. The standard InChI is InChI=1S/C34H20N4O/c35-26-16-14-20-11-9-19-10-12-21(17-25(19)31(20)32(26)36)33-34(38-28-7-3-2-6-27(28)37-33)22-13-15-24-23-5-1-4-8-29(23)39-30(24)18-22/h1-18,35-36H. The van der Waals surface area contributed by atoms with E-state index in [2.05, 4.69) is 42.5 Å². The van der Waals surface area contributed by atoms with E-state index in [0.29, 0.717) is 0 Å². The maximum absolute atomic E-state index is 8.63. The Bertz CT molecular complexity index is 2220. The Morgan fingerprint density at radius 3 is 2.05 bits per heavy atom. The van der Waals surface area contributed by atoms with Crippen LogP contribution in [0.2, 0.25) is 0 Å². The molecular weight excluding hydrogens is 480 g/mol. The molecule has 5 heteroatoms. The molecule has 2 heterocycles. The first-order chi connectivity index (χ1) is 19.1. The predicted molar refractivity (Wildman–Crippen MR) is 159 cm³/mol. The summed E-state index contributed by atoms with van der Waals surface area (Å²) in [5.74, 6) is 0. The lowest BCUT2D eigenvalue weighted by Crippen LogP contribution is -2.16. The lowest BCUT2D eigenvalue weighted by molar-refractivity contribution is 0.669. The lowest BCUT2D eigenvalue weighted by Gasteiger charge is -2.17. The number of aromatic nitrogens is 2. The second-order valence-corrected chi connectivity index (χ2v) is 9.81. The van der Waals surface area contributed by atoms with Gasteiger partial charge in [0.05, 0.1) is 33.8 Å². The highest BCUT2D eigenvalue weighted by Crippen LogP contribution is 2.37. The summed E-state index contributed by atoms with van der Waals surface area (Å²) in [5.41, 5.74) is 8.82. The van der Waals surface area contributed by atoms with E-state index in [0.717, 1.165) is 77.4 Å². The zero-order valence-corrected chi connectivity index (χ0v) is 20.7. The van der Waals surface area contributed by atoms with Gasteiger partial charge in [-0.05, 0) is 58.8 Å². The molecule has 0 radical (unpaired) electrons. The molecule has 1 aliphatic carbocycles. The molecular formula is C34H20N4O. The van der Waals surface area contributed by atoms with E-state index in [1.165, 1.54) is 0 Å². The largest absolute Gasteiger partial charge is 0.456 e. The molecule has 0 atom stereocenters. The summed E-state index contributed by atoms with van der Waals surface area (Å²) in [7, 11) is 0. The van der Waals surface area contributed by atoms with Crippen LogP contribution in [0.15, 0.2) is 108 Å². The zero-order valence-electron chi connectivity index (χ0n) is 20.7. The molecule has 0 saturated carbocycles. The van der Waals surface area contributed by atoms with Crippen molar-refractivity contribution >= 4 is 61.2 Å². The monoisotopic (exact) mass is 500 g/mol. The number of fused-ring (bicyclic) bond motifs is 7. The Morgan fingerprint density at radius 2 is 1.23 bits per heavy atom. The Labute approximate surface area is 223 Å². The smallest absolute Gasteiger partial charge is 0.136 e. The topological polar surface area (TPSA) is 86.6 Å². The van der Waals surface area contributed by atoms with Crippen LogP contribution < -0.4 is 0 Å². The average molecular weight is 501 g/mol. The number of nitrogens with one attached hydrogen (secondary N) is 2. The van der Waals surface area contributed by atoms with Crippen molar-refractivity contribution in [2.24, 2.45) is 0 Å². The minimum Gasteiger partial charge on any atom is -0.456 e. The molecule has 39 heavy (non-hydrogen) atoms. The van der Waals surface area contributed by atoms with Gasteiger partial charge in [-0.15, -0.1) is 0 Å². The van der Waals surface area contributed by atoms with Crippen molar-refractivity contribution in [3.63, 3.8) is 0 Å². The van der Waals surface area contributed by atoms with E-state index in [9.17, 15) is 0 Å². The molecule has 0 bridgehead atoms. The summed E-state index contributed by atoms with van der Waals surface area (Å²) in [5, 5.41) is 20.9. The fraction of sp³-hybridized carbons (Fsp3) is 0. The van der Waals surface area contributed by atoms with Crippen LogP contribution in [0.3, 0.4) is 0 Å². The van der Waals surface area contributed by atoms with Crippen molar-refractivity contribution in [2.45, 2.75) is 0 Å². The Morgan fingerprint density at radius 1 is 0.564 bits per heavy atom. The van der Waals surface area contributed by atoms with Crippen molar-refractivity contribution in [1.82, 2.24) is 9.97 Å². The maximum atomic E-state index is 8.63. The van der Waals surface area contributed by atoms with Gasteiger partial charge in [0, 0.05) is 27.5 Å². The zero-order chi connectivity index (χ0) is 26.1. The highest BCUT2D eigenvalue weighted by atomic mass is 16.3.